The van der Waals surface area contributed by atoms with Crippen molar-refractivity contribution in [2.45, 2.75) is 38.3 Å². The molecule has 3 rings (SSSR count). The van der Waals surface area contributed by atoms with E-state index >= 15 is 0 Å². The zero-order valence-electron chi connectivity index (χ0n) is 11.6. The Balaban J connectivity index is 1.77. The maximum absolute atomic E-state index is 13.0. The molecular weight excluding hydrogens is 251 g/mol. The van der Waals surface area contributed by atoms with E-state index in [0.29, 0.717) is 6.04 Å². The summed E-state index contributed by atoms with van der Waals surface area (Å²) in [6.07, 6.45) is 5.27. The van der Waals surface area contributed by atoms with Crippen LogP contribution in [0.4, 0.5) is 4.39 Å². The van der Waals surface area contributed by atoms with Crippen LogP contribution in [0.25, 0.3) is 0 Å². The average Bonchev–Trinajstić information content (AvgIpc) is 2.48. The third-order valence-corrected chi connectivity index (χ3v) is 4.02. The van der Waals surface area contributed by atoms with Gasteiger partial charge in [-0.3, -0.25) is 4.98 Å². The van der Waals surface area contributed by atoms with E-state index < -0.39 is 0 Å². The minimum absolute atomic E-state index is 0.188. The van der Waals surface area contributed by atoms with Crippen LogP contribution < -0.4 is 5.32 Å². The summed E-state index contributed by atoms with van der Waals surface area (Å²) in [6.45, 7) is 2.12. The fraction of sp³-hybridized carbons (Fsp3) is 0.353. The summed E-state index contributed by atoms with van der Waals surface area (Å²) in [5.41, 5.74) is 3.63. The lowest BCUT2D eigenvalue weighted by atomic mass is 9.91. The molecule has 2 atom stereocenters. The molecule has 0 spiro atoms. The van der Waals surface area contributed by atoms with Gasteiger partial charge in [-0.15, -0.1) is 0 Å². The second kappa shape index (κ2) is 5.71. The zero-order valence-corrected chi connectivity index (χ0v) is 11.6. The molecule has 0 saturated heterocycles. The first-order valence-corrected chi connectivity index (χ1v) is 7.19. The maximum atomic E-state index is 13.0. The first kappa shape index (κ1) is 13.3. The molecule has 1 aromatic carbocycles. The molecule has 2 aromatic rings. The van der Waals surface area contributed by atoms with E-state index in [2.05, 4.69) is 23.3 Å². The van der Waals surface area contributed by atoms with E-state index in [-0.39, 0.29) is 11.9 Å². The van der Waals surface area contributed by atoms with Gasteiger partial charge in [-0.1, -0.05) is 18.2 Å². The van der Waals surface area contributed by atoms with E-state index in [1.165, 1.54) is 29.8 Å². The average molecular weight is 270 g/mol. The van der Waals surface area contributed by atoms with Crippen LogP contribution >= 0.6 is 0 Å². The van der Waals surface area contributed by atoms with Crippen LogP contribution in [0.5, 0.6) is 0 Å². The number of nitrogens with one attached hydrogen (secondary N) is 1. The van der Waals surface area contributed by atoms with E-state index in [1.54, 1.807) is 0 Å². The number of aryl methyl sites for hydroxylation is 1. The van der Waals surface area contributed by atoms with Crippen LogP contribution in [-0.4, -0.2) is 4.98 Å². The number of benzene rings is 1. The molecule has 1 aliphatic carbocycles. The molecule has 2 nitrogen and oxygen atoms in total. The Morgan fingerprint density at radius 2 is 2.05 bits per heavy atom. The molecule has 1 aromatic heterocycles. The molecule has 0 amide bonds. The van der Waals surface area contributed by atoms with Gasteiger partial charge >= 0.3 is 0 Å². The summed E-state index contributed by atoms with van der Waals surface area (Å²) in [5.74, 6) is -0.189. The highest BCUT2D eigenvalue weighted by Crippen LogP contribution is 2.30. The van der Waals surface area contributed by atoms with Gasteiger partial charge in [0.05, 0.1) is 11.7 Å². The molecule has 1 heterocycles. The summed E-state index contributed by atoms with van der Waals surface area (Å²) in [4.78, 5) is 4.54. The Bertz CT molecular complexity index is 580. The predicted octanol–water partition coefficient (Wildman–Crippen LogP) is 3.95. The molecule has 104 valence electrons. The molecule has 0 bridgehead atoms. The third-order valence-electron chi connectivity index (χ3n) is 4.02. The molecule has 0 radical (unpaired) electrons. The van der Waals surface area contributed by atoms with Gasteiger partial charge in [-0.25, -0.2) is 4.39 Å². The Labute approximate surface area is 119 Å². The van der Waals surface area contributed by atoms with Crippen LogP contribution in [0.2, 0.25) is 0 Å². The Morgan fingerprint density at radius 1 is 1.25 bits per heavy atom. The van der Waals surface area contributed by atoms with Gasteiger partial charge in [0.25, 0.3) is 0 Å². The normalized spacial score (nSPS) is 19.4. The van der Waals surface area contributed by atoms with Crippen molar-refractivity contribution in [2.24, 2.45) is 0 Å². The highest BCUT2D eigenvalue weighted by molar-refractivity contribution is 5.26. The molecule has 0 saturated carbocycles. The number of pyridine rings is 1. The quantitative estimate of drug-likeness (QED) is 0.913. The molecule has 1 unspecified atom stereocenters. The molecular formula is C17H19FN2. The van der Waals surface area contributed by atoms with Crippen LogP contribution in [-0.2, 0) is 6.42 Å². The number of aromatic nitrogens is 1. The lowest BCUT2D eigenvalue weighted by Gasteiger charge is -2.28. The number of rotatable bonds is 3. The van der Waals surface area contributed by atoms with Crippen LogP contribution in [0.1, 0.15) is 48.7 Å². The van der Waals surface area contributed by atoms with Crippen LogP contribution in [0, 0.1) is 5.82 Å². The summed E-state index contributed by atoms with van der Waals surface area (Å²) >= 11 is 0. The van der Waals surface area contributed by atoms with Gasteiger partial charge in [0, 0.05) is 12.2 Å². The second-order valence-corrected chi connectivity index (χ2v) is 5.43. The van der Waals surface area contributed by atoms with Crippen molar-refractivity contribution in [3.05, 3.63) is 65.2 Å². The molecule has 0 fully saturated rings. The molecule has 3 heteroatoms. The number of fused-ring (bicyclic) bond motifs is 1. The number of nitrogens with zero attached hydrogens (tertiary/aromatic N) is 1. The first-order chi connectivity index (χ1) is 9.74. The summed E-state index contributed by atoms with van der Waals surface area (Å²) in [7, 11) is 0. The molecule has 0 aliphatic heterocycles. The lowest BCUT2D eigenvalue weighted by molar-refractivity contribution is 0.406. The van der Waals surface area contributed by atoms with Gasteiger partial charge in [-0.2, -0.15) is 0 Å². The number of hydrogen-bond acceptors (Lipinski definition) is 2. The second-order valence-electron chi connectivity index (χ2n) is 5.43. The molecule has 20 heavy (non-hydrogen) atoms. The topological polar surface area (TPSA) is 24.9 Å². The fourth-order valence-electron chi connectivity index (χ4n) is 2.92. The predicted molar refractivity (Wildman–Crippen MR) is 77.9 cm³/mol. The summed E-state index contributed by atoms with van der Waals surface area (Å²) < 4.78 is 13.0. The van der Waals surface area contributed by atoms with Gasteiger partial charge < -0.3 is 5.32 Å². The van der Waals surface area contributed by atoms with E-state index in [1.807, 2.05) is 24.4 Å². The van der Waals surface area contributed by atoms with E-state index in [0.717, 1.165) is 18.4 Å². The summed E-state index contributed by atoms with van der Waals surface area (Å²) in [6, 6.07) is 11.4. The third kappa shape index (κ3) is 2.73. The zero-order chi connectivity index (χ0) is 13.9. The van der Waals surface area contributed by atoms with Crippen molar-refractivity contribution in [3.8, 4) is 0 Å². The van der Waals surface area contributed by atoms with Crippen molar-refractivity contribution in [1.29, 1.82) is 0 Å². The SMILES string of the molecule is C[C@@H](NC1CCCc2cccnc21)c1ccc(F)cc1. The fourth-order valence-corrected chi connectivity index (χ4v) is 2.92. The molecule has 1 N–H and O–H groups in total. The van der Waals surface area contributed by atoms with Crippen molar-refractivity contribution in [2.75, 3.05) is 0 Å². The smallest absolute Gasteiger partial charge is 0.123 e. The maximum Gasteiger partial charge on any atom is 0.123 e. The molecule has 1 aliphatic rings. The van der Waals surface area contributed by atoms with Gasteiger partial charge in [0.1, 0.15) is 5.82 Å². The van der Waals surface area contributed by atoms with Crippen LogP contribution in [0.3, 0.4) is 0 Å². The van der Waals surface area contributed by atoms with E-state index in [9.17, 15) is 4.39 Å². The van der Waals surface area contributed by atoms with Gasteiger partial charge in [0.2, 0.25) is 0 Å². The summed E-state index contributed by atoms with van der Waals surface area (Å²) in [5, 5.41) is 3.63. The van der Waals surface area contributed by atoms with Crippen molar-refractivity contribution >= 4 is 0 Å². The standard InChI is InChI=1S/C17H19FN2/c1-12(13-7-9-15(18)10-8-13)20-16-6-2-4-14-5-3-11-19-17(14)16/h3,5,7-12,16,20H,2,4,6H2,1H3/t12-,16?/m1/s1. The first-order valence-electron chi connectivity index (χ1n) is 7.19. The van der Waals surface area contributed by atoms with Crippen molar-refractivity contribution in [1.82, 2.24) is 10.3 Å². The Morgan fingerprint density at radius 3 is 2.85 bits per heavy atom. The highest BCUT2D eigenvalue weighted by atomic mass is 19.1. The Hall–Kier alpha value is -1.74. The number of hydrogen-bond donors (Lipinski definition) is 1. The largest absolute Gasteiger partial charge is 0.302 e. The van der Waals surface area contributed by atoms with Crippen molar-refractivity contribution in [3.63, 3.8) is 0 Å². The van der Waals surface area contributed by atoms with Crippen molar-refractivity contribution < 1.29 is 4.39 Å². The highest BCUT2D eigenvalue weighted by Gasteiger charge is 2.22. The number of halogens is 1. The lowest BCUT2D eigenvalue weighted by Crippen LogP contribution is -2.28. The minimum atomic E-state index is -0.189. The monoisotopic (exact) mass is 270 g/mol. The van der Waals surface area contributed by atoms with E-state index in [4.69, 9.17) is 0 Å². The van der Waals surface area contributed by atoms with Gasteiger partial charge in [-0.05, 0) is 55.5 Å². The minimum Gasteiger partial charge on any atom is -0.302 e. The van der Waals surface area contributed by atoms with Gasteiger partial charge in [0.15, 0.2) is 0 Å². The Kier molecular flexibility index (Phi) is 3.79. The van der Waals surface area contributed by atoms with Crippen LogP contribution in [0.15, 0.2) is 42.6 Å².